The van der Waals surface area contributed by atoms with Gasteiger partial charge in [0.2, 0.25) is 0 Å². The molecule has 0 aromatic heterocycles. The standard InChI is InChI=1S/C21H30N2/c1-16-4-8-19(9-5-16)23-12-10-22(11-13-23)15-17-6-7-18-14-20(17)21(18,2)3/h4-6,8-9,18,20H,7,10-15H2,1-3H3. The predicted octanol–water partition coefficient (Wildman–Crippen LogP) is 4.11. The van der Waals surface area contributed by atoms with Crippen molar-refractivity contribution in [3.8, 4) is 0 Å². The number of nitrogens with zero attached hydrogens (tertiary/aromatic N) is 2. The number of benzene rings is 1. The Morgan fingerprint density at radius 3 is 2.35 bits per heavy atom. The van der Waals surface area contributed by atoms with Gasteiger partial charge in [-0.15, -0.1) is 0 Å². The number of piperazine rings is 1. The van der Waals surface area contributed by atoms with Crippen LogP contribution in [0.15, 0.2) is 35.9 Å². The molecule has 1 aliphatic heterocycles. The molecule has 0 amide bonds. The summed E-state index contributed by atoms with van der Waals surface area (Å²) in [5.41, 5.74) is 5.03. The molecular formula is C21H30N2. The average molecular weight is 310 g/mol. The minimum atomic E-state index is 0.563. The zero-order valence-electron chi connectivity index (χ0n) is 14.9. The Morgan fingerprint density at radius 1 is 1.04 bits per heavy atom. The van der Waals surface area contributed by atoms with Gasteiger partial charge >= 0.3 is 0 Å². The third kappa shape index (κ3) is 2.71. The molecule has 1 saturated heterocycles. The highest BCUT2D eigenvalue weighted by Crippen LogP contribution is 2.59. The summed E-state index contributed by atoms with van der Waals surface area (Å²) in [6, 6.07) is 8.99. The van der Waals surface area contributed by atoms with Crippen molar-refractivity contribution in [2.24, 2.45) is 17.3 Å². The first kappa shape index (κ1) is 15.3. The molecule has 2 atom stereocenters. The van der Waals surface area contributed by atoms with E-state index in [-0.39, 0.29) is 0 Å². The van der Waals surface area contributed by atoms with Crippen molar-refractivity contribution in [2.45, 2.75) is 33.6 Å². The molecule has 0 N–H and O–H groups in total. The Morgan fingerprint density at radius 2 is 1.74 bits per heavy atom. The fraction of sp³-hybridized carbons (Fsp3) is 0.619. The van der Waals surface area contributed by atoms with E-state index in [2.05, 4.69) is 60.9 Å². The largest absolute Gasteiger partial charge is 0.369 e. The van der Waals surface area contributed by atoms with Crippen LogP contribution in [0.3, 0.4) is 0 Å². The summed E-state index contributed by atoms with van der Waals surface area (Å²) in [6.45, 7) is 13.0. The van der Waals surface area contributed by atoms with E-state index in [1.54, 1.807) is 5.57 Å². The first-order valence-electron chi connectivity index (χ1n) is 9.27. The van der Waals surface area contributed by atoms with Crippen LogP contribution in [-0.2, 0) is 0 Å². The second-order valence-corrected chi connectivity index (χ2v) is 8.42. The summed E-state index contributed by atoms with van der Waals surface area (Å²) >= 11 is 0. The molecule has 5 rings (SSSR count). The van der Waals surface area contributed by atoms with Crippen LogP contribution in [-0.4, -0.2) is 37.6 Å². The average Bonchev–Trinajstić information content (AvgIpc) is 2.56. The van der Waals surface area contributed by atoms with Gasteiger partial charge in [0.1, 0.15) is 0 Å². The molecule has 2 fully saturated rings. The molecule has 4 aliphatic rings. The molecule has 2 unspecified atom stereocenters. The molecule has 3 aliphatic carbocycles. The first-order chi connectivity index (χ1) is 11.0. The van der Waals surface area contributed by atoms with Gasteiger partial charge in [-0.3, -0.25) is 4.90 Å². The van der Waals surface area contributed by atoms with Crippen molar-refractivity contribution < 1.29 is 0 Å². The van der Waals surface area contributed by atoms with E-state index in [4.69, 9.17) is 0 Å². The van der Waals surface area contributed by atoms with Crippen LogP contribution in [0.25, 0.3) is 0 Å². The number of fused-ring (bicyclic) bond motifs is 1. The van der Waals surface area contributed by atoms with Crippen molar-refractivity contribution in [3.63, 3.8) is 0 Å². The minimum Gasteiger partial charge on any atom is -0.369 e. The van der Waals surface area contributed by atoms with Crippen LogP contribution in [0.4, 0.5) is 5.69 Å². The summed E-state index contributed by atoms with van der Waals surface area (Å²) in [4.78, 5) is 5.21. The van der Waals surface area contributed by atoms with Gasteiger partial charge < -0.3 is 4.90 Å². The lowest BCUT2D eigenvalue weighted by Gasteiger charge is -2.57. The van der Waals surface area contributed by atoms with Gasteiger partial charge in [0, 0.05) is 38.4 Å². The maximum atomic E-state index is 2.67. The number of anilines is 1. The van der Waals surface area contributed by atoms with Crippen molar-refractivity contribution in [1.29, 1.82) is 0 Å². The summed E-state index contributed by atoms with van der Waals surface area (Å²) < 4.78 is 0. The van der Waals surface area contributed by atoms with Gasteiger partial charge in [0.15, 0.2) is 0 Å². The summed E-state index contributed by atoms with van der Waals surface area (Å²) in [7, 11) is 0. The number of hydrogen-bond donors (Lipinski definition) is 0. The van der Waals surface area contributed by atoms with Gasteiger partial charge in [-0.25, -0.2) is 0 Å². The summed E-state index contributed by atoms with van der Waals surface area (Å²) in [5, 5.41) is 0. The molecule has 1 heterocycles. The molecular weight excluding hydrogens is 280 g/mol. The Kier molecular flexibility index (Phi) is 3.76. The number of hydrogen-bond acceptors (Lipinski definition) is 2. The molecule has 1 aromatic carbocycles. The molecule has 124 valence electrons. The molecule has 2 bridgehead atoms. The Hall–Kier alpha value is -1.28. The third-order valence-electron chi connectivity index (χ3n) is 6.76. The Labute approximate surface area is 141 Å². The zero-order chi connectivity index (χ0) is 16.0. The zero-order valence-corrected chi connectivity index (χ0v) is 14.9. The van der Waals surface area contributed by atoms with E-state index in [0.29, 0.717) is 5.41 Å². The molecule has 2 heteroatoms. The summed E-state index contributed by atoms with van der Waals surface area (Å²) in [6.07, 6.45) is 5.33. The van der Waals surface area contributed by atoms with Crippen LogP contribution in [0.5, 0.6) is 0 Å². The van der Waals surface area contributed by atoms with Gasteiger partial charge in [-0.1, -0.05) is 43.2 Å². The molecule has 2 nitrogen and oxygen atoms in total. The van der Waals surface area contributed by atoms with Crippen molar-refractivity contribution in [3.05, 3.63) is 41.5 Å². The Bertz CT molecular complexity index is 591. The van der Waals surface area contributed by atoms with E-state index in [1.165, 1.54) is 43.7 Å². The maximum absolute atomic E-state index is 2.67. The normalized spacial score (nSPS) is 29.9. The minimum absolute atomic E-state index is 0.563. The fourth-order valence-electron chi connectivity index (χ4n) is 4.83. The van der Waals surface area contributed by atoms with Crippen LogP contribution >= 0.6 is 0 Å². The second kappa shape index (κ2) is 5.66. The van der Waals surface area contributed by atoms with Crippen LogP contribution in [0.2, 0.25) is 0 Å². The van der Waals surface area contributed by atoms with Gasteiger partial charge in [-0.2, -0.15) is 0 Å². The van der Waals surface area contributed by atoms with Crippen LogP contribution in [0, 0.1) is 24.2 Å². The van der Waals surface area contributed by atoms with Crippen molar-refractivity contribution >= 4 is 5.69 Å². The Balaban J connectivity index is 1.34. The summed E-state index contributed by atoms with van der Waals surface area (Å²) in [5.74, 6) is 1.81. The smallest absolute Gasteiger partial charge is 0.0367 e. The van der Waals surface area contributed by atoms with Crippen LogP contribution < -0.4 is 4.90 Å². The third-order valence-corrected chi connectivity index (χ3v) is 6.76. The quantitative estimate of drug-likeness (QED) is 0.775. The highest BCUT2D eigenvalue weighted by molar-refractivity contribution is 5.47. The van der Waals surface area contributed by atoms with Crippen LogP contribution in [0.1, 0.15) is 32.3 Å². The first-order valence-corrected chi connectivity index (χ1v) is 9.27. The SMILES string of the molecule is Cc1ccc(N2CCN(CC3=CCC4CC3C4(C)C)CC2)cc1. The molecule has 0 radical (unpaired) electrons. The number of aryl methyl sites for hydroxylation is 1. The molecule has 23 heavy (non-hydrogen) atoms. The van der Waals surface area contributed by atoms with Gasteiger partial charge in [0.25, 0.3) is 0 Å². The van der Waals surface area contributed by atoms with E-state index < -0.39 is 0 Å². The lowest BCUT2D eigenvalue weighted by molar-refractivity contribution is -0.0107. The monoisotopic (exact) mass is 310 g/mol. The van der Waals surface area contributed by atoms with E-state index in [0.717, 1.165) is 24.9 Å². The van der Waals surface area contributed by atoms with E-state index >= 15 is 0 Å². The highest BCUT2D eigenvalue weighted by Gasteiger charge is 2.51. The maximum Gasteiger partial charge on any atom is 0.0367 e. The lowest BCUT2D eigenvalue weighted by atomic mass is 9.49. The number of allylic oxidation sites excluding steroid dienone is 1. The van der Waals surface area contributed by atoms with Gasteiger partial charge in [-0.05, 0) is 49.1 Å². The molecule has 0 spiro atoms. The highest BCUT2D eigenvalue weighted by atomic mass is 15.3. The number of rotatable bonds is 3. The second-order valence-electron chi connectivity index (χ2n) is 8.42. The molecule has 1 saturated carbocycles. The topological polar surface area (TPSA) is 6.48 Å². The van der Waals surface area contributed by atoms with Crippen molar-refractivity contribution in [2.75, 3.05) is 37.6 Å². The molecule has 1 aromatic rings. The lowest BCUT2D eigenvalue weighted by Crippen LogP contribution is -2.52. The predicted molar refractivity (Wildman–Crippen MR) is 97.9 cm³/mol. The van der Waals surface area contributed by atoms with E-state index in [9.17, 15) is 0 Å². The van der Waals surface area contributed by atoms with Gasteiger partial charge in [0.05, 0.1) is 0 Å². The fourth-order valence-corrected chi connectivity index (χ4v) is 4.83. The van der Waals surface area contributed by atoms with E-state index in [1.807, 2.05) is 0 Å². The van der Waals surface area contributed by atoms with Crippen molar-refractivity contribution in [1.82, 2.24) is 4.90 Å².